The van der Waals surface area contributed by atoms with Crippen molar-refractivity contribution in [1.82, 2.24) is 9.97 Å². The molecule has 0 bridgehead atoms. The predicted octanol–water partition coefficient (Wildman–Crippen LogP) is 3.20. The van der Waals surface area contributed by atoms with Crippen LogP contribution in [0.1, 0.15) is 0 Å². The lowest BCUT2D eigenvalue weighted by Crippen LogP contribution is -2.17. The van der Waals surface area contributed by atoms with Crippen LogP contribution in [0.25, 0.3) is 11.0 Å². The first kappa shape index (κ1) is 12.6. The number of nitrogens with zero attached hydrogens (tertiary/aromatic N) is 1. The first-order valence-electron chi connectivity index (χ1n) is 4.73. The van der Waals surface area contributed by atoms with E-state index in [4.69, 9.17) is 17.0 Å². The van der Waals surface area contributed by atoms with Gasteiger partial charge in [0.25, 0.3) is 0 Å². The van der Waals surface area contributed by atoms with Crippen LogP contribution in [0.2, 0.25) is 0 Å². The summed E-state index contributed by atoms with van der Waals surface area (Å²) in [6.45, 7) is 0. The summed E-state index contributed by atoms with van der Waals surface area (Å²) < 4.78 is 45.1. The van der Waals surface area contributed by atoms with Gasteiger partial charge in [-0.1, -0.05) is 12.2 Å². The summed E-state index contributed by atoms with van der Waals surface area (Å²) in [7, 11) is 1.37. The first-order valence-corrected chi connectivity index (χ1v) is 5.14. The van der Waals surface area contributed by atoms with Crippen LogP contribution in [0, 0.1) is 4.64 Å². The van der Waals surface area contributed by atoms with E-state index in [1.807, 2.05) is 0 Å². The van der Waals surface area contributed by atoms with E-state index >= 15 is 0 Å². The van der Waals surface area contributed by atoms with Gasteiger partial charge in [-0.25, -0.2) is 4.98 Å². The Hall–Kier alpha value is -1.83. The minimum Gasteiger partial charge on any atom is -0.479 e. The van der Waals surface area contributed by atoms with Gasteiger partial charge < -0.3 is 14.5 Å². The molecule has 8 heteroatoms. The first-order chi connectivity index (χ1) is 8.39. The quantitative estimate of drug-likeness (QED) is 0.856. The maximum Gasteiger partial charge on any atom is 0.573 e. The fourth-order valence-corrected chi connectivity index (χ4v) is 1.62. The van der Waals surface area contributed by atoms with Gasteiger partial charge in [0.15, 0.2) is 4.64 Å². The smallest absolute Gasteiger partial charge is 0.479 e. The molecule has 0 saturated carbocycles. The van der Waals surface area contributed by atoms with E-state index in [0.29, 0.717) is 5.52 Å². The van der Waals surface area contributed by atoms with E-state index in [2.05, 4.69) is 14.7 Å². The number of aromatic amines is 1. The molecule has 0 spiro atoms. The molecule has 2 aromatic rings. The molecular formula is C10H7F3N2O2S. The van der Waals surface area contributed by atoms with Crippen molar-refractivity contribution in [2.24, 2.45) is 0 Å². The molecule has 0 aliphatic heterocycles. The van der Waals surface area contributed by atoms with Crippen LogP contribution >= 0.6 is 12.2 Å². The predicted molar refractivity (Wildman–Crippen MR) is 60.2 cm³/mol. The van der Waals surface area contributed by atoms with Crippen LogP contribution in [-0.4, -0.2) is 23.4 Å². The highest BCUT2D eigenvalue weighted by molar-refractivity contribution is 7.71. The summed E-state index contributed by atoms with van der Waals surface area (Å²) in [5.74, 6) is -0.211. The number of ether oxygens (including phenoxy) is 2. The number of rotatable bonds is 2. The number of aromatic nitrogens is 2. The summed E-state index contributed by atoms with van der Waals surface area (Å²) >= 11 is 4.94. The third-order valence-electron chi connectivity index (χ3n) is 2.06. The SMILES string of the molecule is COc1nc2cc(OC(F)(F)F)ccc2[nH]c1=S. The molecule has 0 amide bonds. The number of halogens is 3. The highest BCUT2D eigenvalue weighted by atomic mass is 32.1. The minimum atomic E-state index is -4.74. The second-order valence-corrected chi connectivity index (χ2v) is 3.71. The molecule has 0 aliphatic rings. The van der Waals surface area contributed by atoms with Crippen molar-refractivity contribution in [2.75, 3.05) is 7.11 Å². The number of fused-ring (bicyclic) bond motifs is 1. The standard InChI is InChI=1S/C10H7F3N2O2S/c1-16-8-9(18)15-6-3-2-5(4-7(6)14-8)17-10(11,12)13/h2-4H,1H3,(H,15,18). The van der Waals surface area contributed by atoms with Crippen LogP contribution in [0.3, 0.4) is 0 Å². The van der Waals surface area contributed by atoms with Crippen molar-refractivity contribution in [3.8, 4) is 11.6 Å². The van der Waals surface area contributed by atoms with Crippen LogP contribution in [-0.2, 0) is 0 Å². The summed E-state index contributed by atoms with van der Waals surface area (Å²) in [5, 5.41) is 0. The Bertz CT molecular complexity index is 639. The van der Waals surface area contributed by atoms with Gasteiger partial charge in [0.05, 0.1) is 18.1 Å². The van der Waals surface area contributed by atoms with Crippen LogP contribution in [0.4, 0.5) is 13.2 Å². The maximum atomic E-state index is 12.1. The highest BCUT2D eigenvalue weighted by Crippen LogP contribution is 2.26. The zero-order valence-electron chi connectivity index (χ0n) is 9.04. The summed E-state index contributed by atoms with van der Waals surface area (Å²) in [5.41, 5.74) is 0.762. The maximum absolute atomic E-state index is 12.1. The summed E-state index contributed by atoms with van der Waals surface area (Å²) in [6.07, 6.45) is -4.74. The van der Waals surface area contributed by atoms with E-state index in [9.17, 15) is 13.2 Å². The topological polar surface area (TPSA) is 47.1 Å². The molecule has 1 N–H and O–H groups in total. The number of alkyl halides is 3. The van der Waals surface area contributed by atoms with Gasteiger partial charge in [0.2, 0.25) is 5.88 Å². The van der Waals surface area contributed by atoms with E-state index in [1.165, 1.54) is 19.2 Å². The average Bonchev–Trinajstić information content (AvgIpc) is 2.26. The molecule has 0 saturated heterocycles. The Balaban J connectivity index is 2.50. The number of benzene rings is 1. The highest BCUT2D eigenvalue weighted by Gasteiger charge is 2.31. The van der Waals surface area contributed by atoms with Crippen LogP contribution < -0.4 is 9.47 Å². The zero-order valence-corrected chi connectivity index (χ0v) is 9.85. The number of hydrogen-bond acceptors (Lipinski definition) is 4. The number of hydrogen-bond donors (Lipinski definition) is 1. The molecule has 4 nitrogen and oxygen atoms in total. The third-order valence-corrected chi connectivity index (χ3v) is 2.34. The fraction of sp³-hybridized carbons (Fsp3) is 0.200. The van der Waals surface area contributed by atoms with E-state index in [1.54, 1.807) is 0 Å². The second-order valence-electron chi connectivity index (χ2n) is 3.30. The number of methoxy groups -OCH3 is 1. The molecule has 1 aromatic heterocycles. The molecule has 0 unspecified atom stereocenters. The van der Waals surface area contributed by atoms with Gasteiger partial charge in [-0.2, -0.15) is 0 Å². The summed E-state index contributed by atoms with van der Waals surface area (Å²) in [6, 6.07) is 3.73. The lowest BCUT2D eigenvalue weighted by atomic mass is 10.3. The molecule has 0 fully saturated rings. The van der Waals surface area contributed by atoms with E-state index in [0.717, 1.165) is 6.07 Å². The fourth-order valence-electron chi connectivity index (χ4n) is 1.38. The molecule has 1 heterocycles. The largest absolute Gasteiger partial charge is 0.573 e. The van der Waals surface area contributed by atoms with Crippen molar-refractivity contribution in [3.63, 3.8) is 0 Å². The second kappa shape index (κ2) is 4.45. The van der Waals surface area contributed by atoms with E-state index < -0.39 is 6.36 Å². The lowest BCUT2D eigenvalue weighted by molar-refractivity contribution is -0.274. The van der Waals surface area contributed by atoms with Gasteiger partial charge >= 0.3 is 6.36 Å². The third kappa shape index (κ3) is 2.70. The van der Waals surface area contributed by atoms with Crippen LogP contribution in [0.15, 0.2) is 18.2 Å². The molecule has 18 heavy (non-hydrogen) atoms. The van der Waals surface area contributed by atoms with Crippen molar-refractivity contribution in [1.29, 1.82) is 0 Å². The van der Waals surface area contributed by atoms with Gasteiger partial charge in [-0.05, 0) is 12.1 Å². The molecule has 0 aliphatic carbocycles. The van der Waals surface area contributed by atoms with Gasteiger partial charge in [0.1, 0.15) is 5.75 Å². The Morgan fingerprint density at radius 2 is 2.06 bits per heavy atom. The van der Waals surface area contributed by atoms with Gasteiger partial charge in [-0.3, -0.25) is 0 Å². The average molecular weight is 276 g/mol. The van der Waals surface area contributed by atoms with Crippen molar-refractivity contribution >= 4 is 23.3 Å². The molecule has 1 aromatic carbocycles. The zero-order chi connectivity index (χ0) is 13.3. The van der Waals surface area contributed by atoms with E-state index in [-0.39, 0.29) is 21.8 Å². The Kier molecular flexibility index (Phi) is 3.12. The molecule has 0 radical (unpaired) electrons. The molecule has 2 rings (SSSR count). The summed E-state index contributed by atoms with van der Waals surface area (Å²) in [4.78, 5) is 6.77. The Morgan fingerprint density at radius 1 is 1.33 bits per heavy atom. The number of nitrogens with one attached hydrogen (secondary N) is 1. The van der Waals surface area contributed by atoms with Crippen molar-refractivity contribution < 1.29 is 22.6 Å². The molecule has 0 atom stereocenters. The van der Waals surface area contributed by atoms with Crippen molar-refractivity contribution in [2.45, 2.75) is 6.36 Å². The minimum absolute atomic E-state index is 0.140. The van der Waals surface area contributed by atoms with Crippen molar-refractivity contribution in [3.05, 3.63) is 22.8 Å². The number of H-pyrrole nitrogens is 1. The Morgan fingerprint density at radius 3 is 2.67 bits per heavy atom. The lowest BCUT2D eigenvalue weighted by Gasteiger charge is -2.09. The monoisotopic (exact) mass is 276 g/mol. The molecule has 96 valence electrons. The van der Waals surface area contributed by atoms with Gasteiger partial charge in [0, 0.05) is 6.07 Å². The molecular weight excluding hydrogens is 269 g/mol. The van der Waals surface area contributed by atoms with Crippen LogP contribution in [0.5, 0.6) is 11.6 Å². The normalized spacial score (nSPS) is 11.6. The van der Waals surface area contributed by atoms with Gasteiger partial charge in [-0.15, -0.1) is 13.2 Å². The Labute approximate surface area is 104 Å².